The molecule has 146 valence electrons. The molecule has 0 bridgehead atoms. The molecule has 0 aliphatic carbocycles. The van der Waals surface area contributed by atoms with Crippen molar-refractivity contribution in [1.82, 2.24) is 4.57 Å². The van der Waals surface area contributed by atoms with E-state index in [9.17, 15) is 9.59 Å². The number of carbonyl (C=O) groups excluding carboxylic acids is 1. The lowest BCUT2D eigenvalue weighted by Gasteiger charge is -2.24. The van der Waals surface area contributed by atoms with Crippen LogP contribution in [0.1, 0.15) is 29.7 Å². The van der Waals surface area contributed by atoms with Crippen LogP contribution in [0.4, 0.5) is 0 Å². The largest absolute Gasteiger partial charge is 0.466 e. The van der Waals surface area contributed by atoms with Gasteiger partial charge in [-0.1, -0.05) is 71.5 Å². The van der Waals surface area contributed by atoms with Crippen LogP contribution in [0.25, 0.3) is 6.08 Å². The summed E-state index contributed by atoms with van der Waals surface area (Å²) in [6, 6.07) is 16.9. The SMILES string of the molecule is COC(=O)C1=C(C)N=c2s/c(=C\c3ccccc3)c(=O)n2C1c1cccc(C)c1. The fourth-order valence-corrected chi connectivity index (χ4v) is 4.60. The number of aromatic nitrogens is 1. The van der Waals surface area contributed by atoms with Crippen molar-refractivity contribution in [1.29, 1.82) is 0 Å². The zero-order valence-corrected chi connectivity index (χ0v) is 17.2. The van der Waals surface area contributed by atoms with Crippen molar-refractivity contribution in [3.63, 3.8) is 0 Å². The third-order valence-electron chi connectivity index (χ3n) is 4.88. The monoisotopic (exact) mass is 404 g/mol. The molecule has 1 unspecified atom stereocenters. The quantitative estimate of drug-likeness (QED) is 0.631. The molecule has 0 fully saturated rings. The van der Waals surface area contributed by atoms with Crippen LogP contribution in [0.15, 0.2) is 75.7 Å². The number of hydrogen-bond acceptors (Lipinski definition) is 5. The first kappa shape index (κ1) is 19.1. The van der Waals surface area contributed by atoms with Gasteiger partial charge in [0.1, 0.15) is 0 Å². The highest BCUT2D eigenvalue weighted by atomic mass is 32.1. The molecule has 29 heavy (non-hydrogen) atoms. The van der Waals surface area contributed by atoms with Gasteiger partial charge in [-0.3, -0.25) is 9.36 Å². The number of benzene rings is 2. The zero-order valence-electron chi connectivity index (χ0n) is 16.4. The first-order valence-electron chi connectivity index (χ1n) is 9.22. The number of rotatable bonds is 3. The van der Waals surface area contributed by atoms with Crippen LogP contribution in [0.2, 0.25) is 0 Å². The molecule has 3 aromatic rings. The lowest BCUT2D eigenvalue weighted by Crippen LogP contribution is -2.39. The maximum Gasteiger partial charge on any atom is 0.338 e. The second kappa shape index (κ2) is 7.64. The van der Waals surface area contributed by atoms with E-state index in [2.05, 4.69) is 4.99 Å². The van der Waals surface area contributed by atoms with Gasteiger partial charge in [0.15, 0.2) is 4.80 Å². The van der Waals surface area contributed by atoms with Gasteiger partial charge in [-0.25, -0.2) is 9.79 Å². The van der Waals surface area contributed by atoms with Crippen molar-refractivity contribution in [3.05, 3.63) is 102 Å². The molecule has 1 aliphatic heterocycles. The van der Waals surface area contributed by atoms with Crippen molar-refractivity contribution >= 4 is 23.4 Å². The summed E-state index contributed by atoms with van der Waals surface area (Å²) in [6.07, 6.45) is 1.86. The van der Waals surface area contributed by atoms with Crippen LogP contribution in [0.3, 0.4) is 0 Å². The molecule has 5 nitrogen and oxygen atoms in total. The molecular formula is C23H20N2O3S. The van der Waals surface area contributed by atoms with Gasteiger partial charge in [0.05, 0.1) is 29.0 Å². The molecule has 1 aromatic heterocycles. The van der Waals surface area contributed by atoms with Crippen molar-refractivity contribution in [2.75, 3.05) is 7.11 Å². The Morgan fingerprint density at radius 2 is 1.90 bits per heavy atom. The summed E-state index contributed by atoms with van der Waals surface area (Å²) in [7, 11) is 1.34. The Bertz CT molecular complexity index is 1300. The molecule has 0 saturated heterocycles. The fourth-order valence-electron chi connectivity index (χ4n) is 3.55. The average molecular weight is 404 g/mol. The Balaban J connectivity index is 2.00. The number of nitrogens with zero attached hydrogens (tertiary/aromatic N) is 2. The number of allylic oxidation sites excluding steroid dienone is 1. The molecule has 1 aliphatic rings. The Hall–Kier alpha value is -3.25. The van der Waals surface area contributed by atoms with Crippen LogP contribution in [0, 0.1) is 6.92 Å². The van der Waals surface area contributed by atoms with E-state index in [1.807, 2.05) is 67.6 Å². The van der Waals surface area contributed by atoms with E-state index in [0.29, 0.717) is 20.6 Å². The van der Waals surface area contributed by atoms with Crippen LogP contribution in [-0.4, -0.2) is 17.6 Å². The summed E-state index contributed by atoms with van der Waals surface area (Å²) in [5.74, 6) is -0.477. The molecule has 1 atom stereocenters. The van der Waals surface area contributed by atoms with Gasteiger partial charge in [0.2, 0.25) is 0 Å². The van der Waals surface area contributed by atoms with Crippen LogP contribution < -0.4 is 14.9 Å². The normalized spacial score (nSPS) is 16.4. The Labute approximate surface area is 171 Å². The number of carbonyl (C=O) groups is 1. The number of fused-ring (bicyclic) bond motifs is 1. The van der Waals surface area contributed by atoms with Gasteiger partial charge in [-0.2, -0.15) is 0 Å². The molecule has 2 heterocycles. The van der Waals surface area contributed by atoms with Crippen LogP contribution in [0.5, 0.6) is 0 Å². The lowest BCUT2D eigenvalue weighted by atomic mass is 9.95. The van der Waals surface area contributed by atoms with Crippen molar-refractivity contribution < 1.29 is 9.53 Å². The van der Waals surface area contributed by atoms with E-state index in [-0.39, 0.29) is 5.56 Å². The summed E-state index contributed by atoms with van der Waals surface area (Å²) >= 11 is 1.33. The molecule has 0 radical (unpaired) electrons. The van der Waals surface area contributed by atoms with Crippen LogP contribution in [-0.2, 0) is 9.53 Å². The maximum atomic E-state index is 13.4. The number of esters is 1. The van der Waals surface area contributed by atoms with Crippen LogP contribution >= 0.6 is 11.3 Å². The number of methoxy groups -OCH3 is 1. The van der Waals surface area contributed by atoms with Crippen molar-refractivity contribution in [2.45, 2.75) is 19.9 Å². The van der Waals surface area contributed by atoms with E-state index in [1.54, 1.807) is 11.5 Å². The smallest absolute Gasteiger partial charge is 0.338 e. The minimum Gasteiger partial charge on any atom is -0.466 e. The second-order valence-electron chi connectivity index (χ2n) is 6.90. The molecule has 2 aromatic carbocycles. The Morgan fingerprint density at radius 3 is 2.59 bits per heavy atom. The lowest BCUT2D eigenvalue weighted by molar-refractivity contribution is -0.136. The number of thiazole rings is 1. The molecule has 4 rings (SSSR count). The first-order valence-corrected chi connectivity index (χ1v) is 10.0. The van der Waals surface area contributed by atoms with Gasteiger partial charge in [-0.15, -0.1) is 0 Å². The van der Waals surface area contributed by atoms with E-state index >= 15 is 0 Å². The number of ether oxygens (including phenoxy) is 1. The molecular weight excluding hydrogens is 384 g/mol. The molecule has 0 saturated carbocycles. The van der Waals surface area contributed by atoms with Gasteiger partial charge in [0.25, 0.3) is 5.56 Å². The predicted molar refractivity (Wildman–Crippen MR) is 113 cm³/mol. The van der Waals surface area contributed by atoms with Gasteiger partial charge >= 0.3 is 5.97 Å². The molecule has 0 N–H and O–H groups in total. The third kappa shape index (κ3) is 3.47. The fraction of sp³-hybridized carbons (Fsp3) is 0.174. The second-order valence-corrected chi connectivity index (χ2v) is 7.91. The minimum absolute atomic E-state index is 0.169. The average Bonchev–Trinajstić information content (AvgIpc) is 3.02. The number of aryl methyl sites for hydroxylation is 1. The summed E-state index contributed by atoms with van der Waals surface area (Å²) in [4.78, 5) is 31.1. The van der Waals surface area contributed by atoms with Gasteiger partial charge in [0, 0.05) is 0 Å². The number of hydrogen-bond donors (Lipinski definition) is 0. The molecule has 6 heteroatoms. The minimum atomic E-state index is -0.573. The maximum absolute atomic E-state index is 13.4. The highest BCUT2D eigenvalue weighted by Gasteiger charge is 2.33. The summed E-state index contributed by atoms with van der Waals surface area (Å²) in [5.41, 5.74) is 3.62. The van der Waals surface area contributed by atoms with Gasteiger partial charge < -0.3 is 4.74 Å². The predicted octanol–water partition coefficient (Wildman–Crippen LogP) is 2.72. The van der Waals surface area contributed by atoms with E-state index < -0.39 is 12.0 Å². The topological polar surface area (TPSA) is 60.7 Å². The van der Waals surface area contributed by atoms with E-state index in [0.717, 1.165) is 16.7 Å². The highest BCUT2D eigenvalue weighted by molar-refractivity contribution is 7.07. The van der Waals surface area contributed by atoms with E-state index in [1.165, 1.54) is 18.4 Å². The summed E-state index contributed by atoms with van der Waals surface area (Å²) < 4.78 is 7.20. The molecule has 0 spiro atoms. The van der Waals surface area contributed by atoms with Gasteiger partial charge in [-0.05, 0) is 31.1 Å². The summed E-state index contributed by atoms with van der Waals surface area (Å²) in [5, 5.41) is 0. The Kier molecular flexibility index (Phi) is 5.03. The first-order chi connectivity index (χ1) is 14.0. The van der Waals surface area contributed by atoms with E-state index in [4.69, 9.17) is 4.74 Å². The van der Waals surface area contributed by atoms with Crippen molar-refractivity contribution in [3.8, 4) is 0 Å². The highest BCUT2D eigenvalue weighted by Crippen LogP contribution is 2.30. The molecule has 0 amide bonds. The third-order valence-corrected chi connectivity index (χ3v) is 5.87. The van der Waals surface area contributed by atoms with Crippen molar-refractivity contribution in [2.24, 2.45) is 4.99 Å². The standard InChI is InChI=1S/C23H20N2O3S/c1-14-8-7-11-17(12-14)20-19(22(27)28-3)15(2)24-23-25(20)21(26)18(29-23)13-16-9-5-4-6-10-16/h4-13,20H,1-3H3/b18-13-. The zero-order chi connectivity index (χ0) is 20.5. The Morgan fingerprint density at radius 1 is 1.14 bits per heavy atom. The summed E-state index contributed by atoms with van der Waals surface area (Å²) in [6.45, 7) is 3.76.